The summed E-state index contributed by atoms with van der Waals surface area (Å²) in [7, 11) is 2.12. The molecule has 1 saturated carbocycles. The highest BCUT2D eigenvalue weighted by Crippen LogP contribution is 2.52. The molecule has 2 heterocycles. The molecule has 6 heteroatoms. The van der Waals surface area contributed by atoms with Crippen LogP contribution in [0.25, 0.3) is 0 Å². The van der Waals surface area contributed by atoms with Crippen LogP contribution in [-0.4, -0.2) is 41.7 Å². The number of halogens is 1. The summed E-state index contributed by atoms with van der Waals surface area (Å²) in [6.07, 6.45) is 2.19. The number of likely N-dealkylation sites (N-methyl/N-ethyl adjacent to an activating group) is 1. The second kappa shape index (κ2) is 5.99. The molecule has 5 nitrogen and oxygen atoms in total. The van der Waals surface area contributed by atoms with Gasteiger partial charge in [0.1, 0.15) is 0 Å². The van der Waals surface area contributed by atoms with E-state index < -0.39 is 0 Å². The van der Waals surface area contributed by atoms with Gasteiger partial charge in [0.15, 0.2) is 5.82 Å². The van der Waals surface area contributed by atoms with Gasteiger partial charge in [-0.2, -0.15) is 4.98 Å². The van der Waals surface area contributed by atoms with Crippen molar-refractivity contribution in [2.45, 2.75) is 24.3 Å². The zero-order valence-corrected chi connectivity index (χ0v) is 13.5. The van der Waals surface area contributed by atoms with E-state index in [9.17, 15) is 0 Å². The highest BCUT2D eigenvalue weighted by Gasteiger charge is 2.51. The smallest absolute Gasteiger partial charge is 0.237 e. The van der Waals surface area contributed by atoms with E-state index in [1.54, 1.807) is 0 Å². The van der Waals surface area contributed by atoms with Gasteiger partial charge in [0.25, 0.3) is 0 Å². The van der Waals surface area contributed by atoms with Crippen molar-refractivity contribution in [1.29, 1.82) is 0 Å². The van der Waals surface area contributed by atoms with Crippen molar-refractivity contribution in [3.63, 3.8) is 0 Å². The molecule has 1 atom stereocenters. The third kappa shape index (κ3) is 2.53. The van der Waals surface area contributed by atoms with Crippen molar-refractivity contribution >= 4 is 12.4 Å². The summed E-state index contributed by atoms with van der Waals surface area (Å²) in [5.74, 6) is 1.59. The van der Waals surface area contributed by atoms with E-state index in [0.717, 1.165) is 44.2 Å². The molecule has 22 heavy (non-hydrogen) atoms. The average Bonchev–Trinajstić information content (AvgIpc) is 3.20. The second-order valence-corrected chi connectivity index (χ2v) is 6.11. The molecule has 1 aromatic carbocycles. The van der Waals surface area contributed by atoms with Gasteiger partial charge in [-0.05, 0) is 25.5 Å². The van der Waals surface area contributed by atoms with Gasteiger partial charge in [-0.3, -0.25) is 4.90 Å². The number of piperazine rings is 1. The highest BCUT2D eigenvalue weighted by atomic mass is 35.5. The van der Waals surface area contributed by atoms with Gasteiger partial charge in [0.2, 0.25) is 5.89 Å². The molecule has 4 rings (SSSR count). The lowest BCUT2D eigenvalue weighted by atomic mass is 9.96. The molecule has 0 spiro atoms. The summed E-state index contributed by atoms with van der Waals surface area (Å²) in [5.41, 5.74) is 1.25. The fourth-order valence-corrected chi connectivity index (χ4v) is 3.17. The summed E-state index contributed by atoms with van der Waals surface area (Å²) in [5, 5.41) is 7.65. The predicted octanol–water partition coefficient (Wildman–Crippen LogP) is 2.15. The number of hydrogen-bond acceptors (Lipinski definition) is 5. The first kappa shape index (κ1) is 15.5. The number of aromatic nitrogens is 2. The standard InChI is InChI=1S/C16H20N4O.ClH/c1-20-10-9-17-11-13(20)14-18-15(21-19-14)16(7-8-16)12-5-3-2-4-6-12;/h2-6,13,17H,7-11H2,1H3;1H. The Hall–Kier alpha value is -1.43. The SMILES string of the molecule is CN1CCNCC1c1noc(C2(c3ccccc3)CC2)n1.Cl. The normalized spacial score (nSPS) is 23.8. The van der Waals surface area contributed by atoms with Crippen LogP contribution in [0, 0.1) is 0 Å². The van der Waals surface area contributed by atoms with E-state index in [2.05, 4.69) is 46.7 Å². The summed E-state index contributed by atoms with van der Waals surface area (Å²) in [6, 6.07) is 10.7. The molecule has 2 aliphatic rings. The van der Waals surface area contributed by atoms with Crippen molar-refractivity contribution in [2.24, 2.45) is 0 Å². The lowest BCUT2D eigenvalue weighted by molar-refractivity contribution is 0.190. The quantitative estimate of drug-likeness (QED) is 0.939. The minimum absolute atomic E-state index is 0. The zero-order valence-electron chi connectivity index (χ0n) is 12.7. The zero-order chi connectivity index (χ0) is 14.3. The molecule has 1 unspecified atom stereocenters. The Kier molecular flexibility index (Phi) is 4.21. The van der Waals surface area contributed by atoms with Gasteiger partial charge in [0, 0.05) is 19.6 Å². The first-order chi connectivity index (χ1) is 10.3. The van der Waals surface area contributed by atoms with E-state index in [1.807, 2.05) is 6.07 Å². The Bertz CT molecular complexity index is 626. The Morgan fingerprint density at radius 3 is 2.73 bits per heavy atom. The molecule has 2 fully saturated rings. The third-order valence-electron chi connectivity index (χ3n) is 4.74. The number of hydrogen-bond donors (Lipinski definition) is 1. The van der Waals surface area contributed by atoms with Crippen molar-refractivity contribution in [2.75, 3.05) is 26.7 Å². The van der Waals surface area contributed by atoms with E-state index in [0.29, 0.717) is 0 Å². The molecule has 1 N–H and O–H groups in total. The lowest BCUT2D eigenvalue weighted by Gasteiger charge is -2.30. The minimum Gasteiger partial charge on any atom is -0.338 e. The number of nitrogens with zero attached hydrogens (tertiary/aromatic N) is 3. The summed E-state index contributed by atoms with van der Waals surface area (Å²) >= 11 is 0. The molecule has 1 aliphatic carbocycles. The van der Waals surface area contributed by atoms with Crippen LogP contribution in [0.4, 0.5) is 0 Å². The largest absolute Gasteiger partial charge is 0.338 e. The van der Waals surface area contributed by atoms with Crippen molar-refractivity contribution in [1.82, 2.24) is 20.4 Å². The Labute approximate surface area is 136 Å². The molecule has 1 aliphatic heterocycles. The van der Waals surface area contributed by atoms with Gasteiger partial charge in [0.05, 0.1) is 11.5 Å². The number of rotatable bonds is 3. The van der Waals surface area contributed by atoms with E-state index in [4.69, 9.17) is 9.51 Å². The minimum atomic E-state index is -0.0345. The first-order valence-electron chi connectivity index (χ1n) is 7.60. The van der Waals surface area contributed by atoms with Crippen molar-refractivity contribution in [3.8, 4) is 0 Å². The molecular formula is C16H21ClN4O. The van der Waals surface area contributed by atoms with Crippen molar-refractivity contribution in [3.05, 3.63) is 47.6 Å². The molecule has 1 saturated heterocycles. The van der Waals surface area contributed by atoms with Crippen LogP contribution in [0.15, 0.2) is 34.9 Å². The first-order valence-corrected chi connectivity index (χ1v) is 7.60. The molecule has 0 radical (unpaired) electrons. The highest BCUT2D eigenvalue weighted by molar-refractivity contribution is 5.85. The summed E-state index contributed by atoms with van der Waals surface area (Å²) in [6.45, 7) is 2.91. The monoisotopic (exact) mass is 320 g/mol. The maximum Gasteiger partial charge on any atom is 0.237 e. The molecule has 0 bridgehead atoms. The van der Waals surface area contributed by atoms with E-state index >= 15 is 0 Å². The topological polar surface area (TPSA) is 54.2 Å². The van der Waals surface area contributed by atoms with Crippen LogP contribution in [-0.2, 0) is 5.41 Å². The third-order valence-corrected chi connectivity index (χ3v) is 4.74. The molecule has 2 aromatic rings. The molecule has 0 amide bonds. The van der Waals surface area contributed by atoms with Crippen LogP contribution in [0.1, 0.15) is 36.2 Å². The lowest BCUT2D eigenvalue weighted by Crippen LogP contribution is -2.44. The fourth-order valence-electron chi connectivity index (χ4n) is 3.17. The Morgan fingerprint density at radius 1 is 1.27 bits per heavy atom. The Morgan fingerprint density at radius 2 is 2.05 bits per heavy atom. The predicted molar refractivity (Wildman–Crippen MR) is 86.2 cm³/mol. The van der Waals surface area contributed by atoms with E-state index in [-0.39, 0.29) is 23.9 Å². The maximum absolute atomic E-state index is 5.63. The molecule has 1 aromatic heterocycles. The summed E-state index contributed by atoms with van der Waals surface area (Å²) in [4.78, 5) is 7.02. The number of benzene rings is 1. The van der Waals surface area contributed by atoms with Gasteiger partial charge >= 0.3 is 0 Å². The molecule has 118 valence electrons. The average molecular weight is 321 g/mol. The van der Waals surface area contributed by atoms with Crippen LogP contribution in [0.3, 0.4) is 0 Å². The number of nitrogens with one attached hydrogen (secondary N) is 1. The van der Waals surface area contributed by atoms with Crippen molar-refractivity contribution < 1.29 is 4.52 Å². The van der Waals surface area contributed by atoms with E-state index in [1.165, 1.54) is 5.56 Å². The van der Waals surface area contributed by atoms with Crippen LogP contribution in [0.2, 0.25) is 0 Å². The molecular weight excluding hydrogens is 300 g/mol. The fraction of sp³-hybridized carbons (Fsp3) is 0.500. The maximum atomic E-state index is 5.63. The van der Waals surface area contributed by atoms with Gasteiger partial charge < -0.3 is 9.84 Å². The van der Waals surface area contributed by atoms with Crippen LogP contribution in [0.5, 0.6) is 0 Å². The van der Waals surface area contributed by atoms with Gasteiger partial charge in [-0.1, -0.05) is 35.5 Å². The van der Waals surface area contributed by atoms with Crippen LogP contribution < -0.4 is 5.32 Å². The Balaban J connectivity index is 0.00000144. The van der Waals surface area contributed by atoms with Crippen LogP contribution >= 0.6 is 12.4 Å². The van der Waals surface area contributed by atoms with Gasteiger partial charge in [-0.25, -0.2) is 0 Å². The second-order valence-electron chi connectivity index (χ2n) is 6.11. The summed E-state index contributed by atoms with van der Waals surface area (Å²) < 4.78 is 5.63. The van der Waals surface area contributed by atoms with Gasteiger partial charge in [-0.15, -0.1) is 12.4 Å².